The van der Waals surface area contributed by atoms with Crippen LogP contribution in [0, 0.1) is 0 Å². The number of carbonyl (C=O) groups is 1. The normalized spacial score (nSPS) is 27.0. The van der Waals surface area contributed by atoms with Crippen LogP contribution in [0.15, 0.2) is 46.9 Å². The van der Waals surface area contributed by atoms with Gasteiger partial charge in [-0.15, -0.1) is 0 Å². The number of hydrogen-bond donors (Lipinski definition) is 1. The number of benzene rings is 2. The summed E-state index contributed by atoms with van der Waals surface area (Å²) in [5.74, 6) is 0. The minimum Gasteiger partial charge on any atom is -0.456 e. The van der Waals surface area contributed by atoms with Crippen molar-refractivity contribution in [1.29, 1.82) is 0 Å². The van der Waals surface area contributed by atoms with Crippen LogP contribution in [0.1, 0.15) is 52.0 Å². The van der Waals surface area contributed by atoms with Crippen molar-refractivity contribution in [3.63, 3.8) is 0 Å². The molecule has 2 unspecified atom stereocenters. The monoisotopic (exact) mass is 393 g/mol. The second kappa shape index (κ2) is 6.23. The van der Waals surface area contributed by atoms with Crippen LogP contribution < -0.4 is 0 Å². The van der Waals surface area contributed by atoms with Gasteiger partial charge in [0.05, 0.1) is 5.60 Å². The lowest BCUT2D eigenvalue weighted by Gasteiger charge is -2.44. The van der Waals surface area contributed by atoms with Crippen LogP contribution in [-0.2, 0) is 10.3 Å². The molecule has 2 bridgehead atoms. The molecule has 29 heavy (non-hydrogen) atoms. The van der Waals surface area contributed by atoms with E-state index < -0.39 is 11.2 Å². The van der Waals surface area contributed by atoms with Gasteiger partial charge in [0.15, 0.2) is 0 Å². The standard InChI is InChI=1S/C24H27NO4/c1-23(2,3)29-22(26)25-15-11-12-16(25)14-24(27,13-15)19-9-6-8-18-17-7-4-5-10-20(17)28-21(18)19/h4-10,15-16,27H,11-14H2,1-3H3. The fraction of sp³-hybridized carbons (Fsp3) is 0.458. The van der Waals surface area contributed by atoms with E-state index in [1.165, 1.54) is 0 Å². The summed E-state index contributed by atoms with van der Waals surface area (Å²) < 4.78 is 11.8. The Morgan fingerprint density at radius 3 is 2.41 bits per heavy atom. The van der Waals surface area contributed by atoms with Gasteiger partial charge in [-0.1, -0.05) is 36.4 Å². The molecule has 2 aliphatic heterocycles. The number of fused-ring (bicyclic) bond motifs is 5. The molecule has 2 aromatic carbocycles. The Balaban J connectivity index is 1.52. The second-order valence-corrected chi connectivity index (χ2v) is 9.49. The van der Waals surface area contributed by atoms with Gasteiger partial charge in [0.25, 0.3) is 0 Å². The zero-order valence-electron chi connectivity index (χ0n) is 17.1. The highest BCUT2D eigenvalue weighted by molar-refractivity contribution is 6.06. The maximum atomic E-state index is 12.8. The first kappa shape index (κ1) is 18.5. The van der Waals surface area contributed by atoms with Crippen molar-refractivity contribution in [2.75, 3.05) is 0 Å². The molecule has 5 heteroatoms. The molecule has 0 aliphatic carbocycles. The van der Waals surface area contributed by atoms with Crippen molar-refractivity contribution >= 4 is 28.0 Å². The molecule has 152 valence electrons. The van der Waals surface area contributed by atoms with E-state index in [1.807, 2.05) is 68.1 Å². The third-order valence-corrected chi connectivity index (χ3v) is 6.28. The van der Waals surface area contributed by atoms with E-state index in [2.05, 4.69) is 0 Å². The number of para-hydroxylation sites is 2. The summed E-state index contributed by atoms with van der Waals surface area (Å²) in [4.78, 5) is 14.6. The van der Waals surface area contributed by atoms with Gasteiger partial charge in [-0.2, -0.15) is 0 Å². The highest BCUT2D eigenvalue weighted by atomic mass is 16.6. The van der Waals surface area contributed by atoms with Crippen LogP contribution in [0.5, 0.6) is 0 Å². The Kier molecular flexibility index (Phi) is 3.97. The lowest BCUT2D eigenvalue weighted by Crippen LogP contribution is -2.53. The number of ether oxygens (including phenoxy) is 1. The Morgan fingerprint density at radius 2 is 1.72 bits per heavy atom. The molecule has 5 nitrogen and oxygen atoms in total. The summed E-state index contributed by atoms with van der Waals surface area (Å²) >= 11 is 0. The fourth-order valence-electron chi connectivity index (χ4n) is 5.17. The Hall–Kier alpha value is -2.53. The van der Waals surface area contributed by atoms with Gasteiger partial charge in [0.1, 0.15) is 16.8 Å². The third-order valence-electron chi connectivity index (χ3n) is 6.28. The molecule has 5 rings (SSSR count). The van der Waals surface area contributed by atoms with Crippen molar-refractivity contribution in [3.05, 3.63) is 48.0 Å². The Labute approximate surface area is 170 Å². The molecule has 2 saturated heterocycles. The molecule has 2 fully saturated rings. The summed E-state index contributed by atoms with van der Waals surface area (Å²) in [5, 5.41) is 13.8. The molecule has 0 radical (unpaired) electrons. The van der Waals surface area contributed by atoms with E-state index in [4.69, 9.17) is 9.15 Å². The molecule has 2 atom stereocenters. The number of aliphatic hydroxyl groups is 1. The van der Waals surface area contributed by atoms with E-state index in [0.29, 0.717) is 12.8 Å². The number of furan rings is 1. The van der Waals surface area contributed by atoms with Crippen LogP contribution in [0.4, 0.5) is 4.79 Å². The predicted octanol–water partition coefficient (Wildman–Crippen LogP) is 5.34. The van der Waals surface area contributed by atoms with Crippen molar-refractivity contribution in [2.45, 2.75) is 69.7 Å². The Morgan fingerprint density at radius 1 is 1.07 bits per heavy atom. The van der Waals surface area contributed by atoms with Crippen molar-refractivity contribution in [2.24, 2.45) is 0 Å². The first-order valence-corrected chi connectivity index (χ1v) is 10.4. The number of carbonyl (C=O) groups excluding carboxylic acids is 1. The van der Waals surface area contributed by atoms with Crippen molar-refractivity contribution < 1.29 is 19.1 Å². The predicted molar refractivity (Wildman–Crippen MR) is 112 cm³/mol. The maximum Gasteiger partial charge on any atom is 0.410 e. The van der Waals surface area contributed by atoms with Gasteiger partial charge in [0, 0.05) is 41.3 Å². The number of nitrogens with zero attached hydrogens (tertiary/aromatic N) is 1. The molecule has 2 aliphatic rings. The molecule has 1 amide bonds. The lowest BCUT2D eigenvalue weighted by molar-refractivity contribution is -0.0619. The zero-order valence-corrected chi connectivity index (χ0v) is 17.1. The lowest BCUT2D eigenvalue weighted by atomic mass is 9.80. The average Bonchev–Trinajstić information content (AvgIpc) is 3.16. The number of rotatable bonds is 1. The van der Waals surface area contributed by atoms with Gasteiger partial charge >= 0.3 is 6.09 Å². The topological polar surface area (TPSA) is 62.9 Å². The highest BCUT2D eigenvalue weighted by Gasteiger charge is 2.51. The smallest absolute Gasteiger partial charge is 0.410 e. The summed E-state index contributed by atoms with van der Waals surface area (Å²) in [7, 11) is 0. The van der Waals surface area contributed by atoms with E-state index in [0.717, 1.165) is 40.3 Å². The van der Waals surface area contributed by atoms with Crippen molar-refractivity contribution in [3.8, 4) is 0 Å². The largest absolute Gasteiger partial charge is 0.456 e. The van der Waals surface area contributed by atoms with Crippen LogP contribution in [-0.4, -0.2) is 33.8 Å². The number of piperidine rings is 1. The second-order valence-electron chi connectivity index (χ2n) is 9.49. The molecule has 1 aromatic heterocycles. The quantitative estimate of drug-likeness (QED) is 0.606. The minimum atomic E-state index is -1.02. The van der Waals surface area contributed by atoms with Crippen LogP contribution in [0.2, 0.25) is 0 Å². The molecule has 0 spiro atoms. The summed E-state index contributed by atoms with van der Waals surface area (Å²) in [6.07, 6.45) is 2.51. The maximum absolute atomic E-state index is 12.8. The van der Waals surface area contributed by atoms with Crippen molar-refractivity contribution in [1.82, 2.24) is 4.90 Å². The highest BCUT2D eigenvalue weighted by Crippen LogP contribution is 2.48. The van der Waals surface area contributed by atoms with Crippen LogP contribution >= 0.6 is 0 Å². The third kappa shape index (κ3) is 2.99. The molecule has 3 heterocycles. The van der Waals surface area contributed by atoms with Crippen LogP contribution in [0.25, 0.3) is 21.9 Å². The SMILES string of the molecule is CC(C)(C)OC(=O)N1C2CCC1CC(O)(c1cccc3c1oc1ccccc13)C2. The Bertz CT molecular complexity index is 1080. The zero-order chi connectivity index (χ0) is 20.4. The first-order valence-electron chi connectivity index (χ1n) is 10.4. The van der Waals surface area contributed by atoms with Gasteiger partial charge < -0.3 is 19.2 Å². The van der Waals surface area contributed by atoms with Crippen LogP contribution in [0.3, 0.4) is 0 Å². The first-order chi connectivity index (χ1) is 13.8. The summed E-state index contributed by atoms with van der Waals surface area (Å²) in [5.41, 5.74) is 0.864. The molecular formula is C24H27NO4. The fourth-order valence-corrected chi connectivity index (χ4v) is 5.17. The summed E-state index contributed by atoms with van der Waals surface area (Å²) in [6.45, 7) is 5.65. The van der Waals surface area contributed by atoms with Gasteiger partial charge in [-0.25, -0.2) is 4.79 Å². The van der Waals surface area contributed by atoms with E-state index >= 15 is 0 Å². The number of amides is 1. The molecule has 1 N–H and O–H groups in total. The van der Waals surface area contributed by atoms with Gasteiger partial charge in [-0.3, -0.25) is 0 Å². The summed E-state index contributed by atoms with van der Waals surface area (Å²) in [6, 6.07) is 13.9. The minimum absolute atomic E-state index is 0.0202. The number of hydrogen-bond acceptors (Lipinski definition) is 4. The molecule has 0 saturated carbocycles. The van der Waals surface area contributed by atoms with E-state index in [-0.39, 0.29) is 18.2 Å². The van der Waals surface area contributed by atoms with E-state index in [9.17, 15) is 9.90 Å². The van der Waals surface area contributed by atoms with Gasteiger partial charge in [-0.05, 0) is 39.7 Å². The molecular weight excluding hydrogens is 366 g/mol. The average molecular weight is 393 g/mol. The van der Waals surface area contributed by atoms with E-state index in [1.54, 1.807) is 0 Å². The van der Waals surface area contributed by atoms with Gasteiger partial charge in [0.2, 0.25) is 0 Å². The molecule has 3 aromatic rings.